The van der Waals surface area contributed by atoms with Gasteiger partial charge in [-0.3, -0.25) is 9.48 Å². The number of aromatic nitrogens is 3. The normalized spacial score (nSPS) is 12.1. The molecule has 0 saturated carbocycles. The number of aryl methyl sites for hydroxylation is 2. The molecule has 2 aromatic rings. The lowest BCUT2D eigenvalue weighted by molar-refractivity contribution is -0.122. The molecule has 0 fully saturated rings. The molecule has 0 aliphatic rings. The van der Waals surface area contributed by atoms with Gasteiger partial charge in [-0.2, -0.15) is 5.10 Å². The van der Waals surface area contributed by atoms with Gasteiger partial charge in [-0.05, 0) is 19.4 Å². The maximum absolute atomic E-state index is 11.9. The van der Waals surface area contributed by atoms with Gasteiger partial charge >= 0.3 is 5.97 Å². The number of carboxylic acids is 1. The molecule has 0 aliphatic heterocycles. The first-order valence-corrected chi connectivity index (χ1v) is 7.25. The van der Waals surface area contributed by atoms with Gasteiger partial charge in [-0.15, -0.1) is 11.3 Å². The van der Waals surface area contributed by atoms with E-state index in [1.807, 2.05) is 13.1 Å². The predicted octanol–water partition coefficient (Wildman–Crippen LogP) is 1.61. The number of hydrogen-bond acceptors (Lipinski definition) is 5. The van der Waals surface area contributed by atoms with E-state index < -0.39 is 5.97 Å². The molecule has 21 heavy (non-hydrogen) atoms. The highest BCUT2D eigenvalue weighted by Gasteiger charge is 2.15. The molecule has 0 bridgehead atoms. The zero-order valence-electron chi connectivity index (χ0n) is 11.7. The monoisotopic (exact) mass is 308 g/mol. The van der Waals surface area contributed by atoms with Crippen LogP contribution in [-0.4, -0.2) is 31.7 Å². The number of rotatable bonds is 6. The van der Waals surface area contributed by atoms with Crippen LogP contribution in [0.25, 0.3) is 0 Å². The van der Waals surface area contributed by atoms with Crippen molar-refractivity contribution in [1.82, 2.24) is 20.1 Å². The van der Waals surface area contributed by atoms with Crippen LogP contribution in [0, 0.1) is 6.92 Å². The fourth-order valence-corrected chi connectivity index (χ4v) is 2.53. The number of aromatic carboxylic acids is 1. The minimum atomic E-state index is -1.01. The molecular weight excluding hydrogens is 292 g/mol. The molecule has 2 aromatic heterocycles. The van der Waals surface area contributed by atoms with Gasteiger partial charge in [-0.1, -0.05) is 0 Å². The second kappa shape index (κ2) is 6.49. The van der Waals surface area contributed by atoms with Crippen molar-refractivity contribution >= 4 is 23.2 Å². The number of carboxylic acid groups (broad SMARTS) is 1. The Kier molecular flexibility index (Phi) is 4.69. The molecule has 0 aliphatic carbocycles. The average molecular weight is 308 g/mol. The molecule has 7 nitrogen and oxygen atoms in total. The maximum Gasteiger partial charge on any atom is 0.347 e. The summed E-state index contributed by atoms with van der Waals surface area (Å²) in [6.45, 7) is 4.22. The predicted molar refractivity (Wildman–Crippen MR) is 77.2 cm³/mol. The van der Waals surface area contributed by atoms with Crippen molar-refractivity contribution in [2.75, 3.05) is 0 Å². The number of carbonyl (C=O) groups is 2. The third kappa shape index (κ3) is 4.12. The van der Waals surface area contributed by atoms with Crippen molar-refractivity contribution in [3.05, 3.63) is 34.0 Å². The van der Waals surface area contributed by atoms with Gasteiger partial charge in [0.1, 0.15) is 9.88 Å². The SMILES string of the molecule is Cc1cnn(CCC(=O)NC(C)c2ncc(C(=O)O)s2)c1. The van der Waals surface area contributed by atoms with E-state index in [2.05, 4.69) is 15.4 Å². The van der Waals surface area contributed by atoms with Crippen LogP contribution in [0.1, 0.15) is 39.6 Å². The molecule has 2 rings (SSSR count). The van der Waals surface area contributed by atoms with E-state index >= 15 is 0 Å². The van der Waals surface area contributed by atoms with Crippen molar-refractivity contribution < 1.29 is 14.7 Å². The molecule has 0 radical (unpaired) electrons. The smallest absolute Gasteiger partial charge is 0.347 e. The van der Waals surface area contributed by atoms with Crippen LogP contribution in [0.5, 0.6) is 0 Å². The third-order valence-corrected chi connectivity index (χ3v) is 3.98. The summed E-state index contributed by atoms with van der Waals surface area (Å²) in [6.07, 6.45) is 5.22. The Morgan fingerprint density at radius 1 is 1.48 bits per heavy atom. The number of carbonyl (C=O) groups excluding carboxylic acids is 1. The molecular formula is C13H16N4O3S. The molecule has 1 atom stereocenters. The van der Waals surface area contributed by atoms with E-state index in [0.717, 1.165) is 16.9 Å². The lowest BCUT2D eigenvalue weighted by Crippen LogP contribution is -2.27. The summed E-state index contributed by atoms with van der Waals surface area (Å²) >= 11 is 1.07. The van der Waals surface area contributed by atoms with Crippen molar-refractivity contribution in [3.8, 4) is 0 Å². The van der Waals surface area contributed by atoms with Crippen molar-refractivity contribution in [2.24, 2.45) is 0 Å². The lowest BCUT2D eigenvalue weighted by atomic mass is 10.3. The summed E-state index contributed by atoms with van der Waals surface area (Å²) in [5.74, 6) is -1.13. The highest BCUT2D eigenvalue weighted by molar-refractivity contribution is 7.13. The summed E-state index contributed by atoms with van der Waals surface area (Å²) in [5, 5.41) is 16.3. The molecule has 0 saturated heterocycles. The van der Waals surface area contributed by atoms with Gasteiger partial charge in [0.05, 0.1) is 18.4 Å². The largest absolute Gasteiger partial charge is 0.477 e. The Labute approximate surface area is 125 Å². The van der Waals surface area contributed by atoms with Crippen molar-refractivity contribution in [2.45, 2.75) is 32.9 Å². The van der Waals surface area contributed by atoms with E-state index in [0.29, 0.717) is 18.0 Å². The average Bonchev–Trinajstić information content (AvgIpc) is 3.05. The van der Waals surface area contributed by atoms with Crippen LogP contribution in [0.2, 0.25) is 0 Å². The zero-order chi connectivity index (χ0) is 15.4. The molecule has 2 N–H and O–H groups in total. The van der Waals surface area contributed by atoms with Crippen LogP contribution < -0.4 is 5.32 Å². The van der Waals surface area contributed by atoms with Gasteiger partial charge in [-0.25, -0.2) is 9.78 Å². The van der Waals surface area contributed by atoms with Crippen LogP contribution in [0.4, 0.5) is 0 Å². The standard InChI is InChI=1S/C13H16N4O3S/c1-8-5-15-17(7-8)4-3-11(18)16-9(2)12-14-6-10(21-12)13(19)20/h5-7,9H,3-4H2,1-2H3,(H,16,18)(H,19,20). The van der Waals surface area contributed by atoms with Crippen LogP contribution >= 0.6 is 11.3 Å². The minimum absolute atomic E-state index is 0.122. The molecule has 112 valence electrons. The lowest BCUT2D eigenvalue weighted by Gasteiger charge is -2.11. The molecule has 8 heteroatoms. The van der Waals surface area contributed by atoms with E-state index in [1.165, 1.54) is 6.20 Å². The van der Waals surface area contributed by atoms with E-state index in [1.54, 1.807) is 17.8 Å². The van der Waals surface area contributed by atoms with Crippen LogP contribution in [-0.2, 0) is 11.3 Å². The number of hydrogen-bond donors (Lipinski definition) is 2. The van der Waals surface area contributed by atoms with E-state index in [4.69, 9.17) is 5.11 Å². The molecule has 1 unspecified atom stereocenters. The summed E-state index contributed by atoms with van der Waals surface area (Å²) in [4.78, 5) is 26.8. The number of amides is 1. The van der Waals surface area contributed by atoms with E-state index in [-0.39, 0.29) is 16.8 Å². The van der Waals surface area contributed by atoms with Crippen molar-refractivity contribution in [1.29, 1.82) is 0 Å². The summed E-state index contributed by atoms with van der Waals surface area (Å²) in [6, 6.07) is -0.310. The maximum atomic E-state index is 11.9. The topological polar surface area (TPSA) is 97.1 Å². The minimum Gasteiger partial charge on any atom is -0.477 e. The Hall–Kier alpha value is -2.22. The van der Waals surface area contributed by atoms with Gasteiger partial charge in [0, 0.05) is 19.2 Å². The highest BCUT2D eigenvalue weighted by atomic mass is 32.1. The van der Waals surface area contributed by atoms with Gasteiger partial charge in [0.15, 0.2) is 0 Å². The Morgan fingerprint density at radius 3 is 2.81 bits per heavy atom. The first-order chi connectivity index (χ1) is 9.95. The first kappa shape index (κ1) is 15.2. The molecule has 0 spiro atoms. The Morgan fingerprint density at radius 2 is 2.24 bits per heavy atom. The Bertz CT molecular complexity index is 649. The van der Waals surface area contributed by atoms with Crippen molar-refractivity contribution in [3.63, 3.8) is 0 Å². The zero-order valence-corrected chi connectivity index (χ0v) is 12.6. The number of nitrogens with one attached hydrogen (secondary N) is 1. The molecule has 2 heterocycles. The second-order valence-electron chi connectivity index (χ2n) is 4.69. The fraction of sp³-hybridized carbons (Fsp3) is 0.385. The van der Waals surface area contributed by atoms with E-state index in [9.17, 15) is 9.59 Å². The second-order valence-corrected chi connectivity index (χ2v) is 5.75. The summed E-state index contributed by atoms with van der Waals surface area (Å²) < 4.78 is 1.71. The summed E-state index contributed by atoms with van der Waals surface area (Å²) in [5.41, 5.74) is 1.05. The van der Waals surface area contributed by atoms with Crippen LogP contribution in [0.15, 0.2) is 18.6 Å². The highest BCUT2D eigenvalue weighted by Crippen LogP contribution is 2.19. The third-order valence-electron chi connectivity index (χ3n) is 2.81. The summed E-state index contributed by atoms with van der Waals surface area (Å²) in [7, 11) is 0. The molecule has 0 aromatic carbocycles. The quantitative estimate of drug-likeness (QED) is 0.845. The Balaban J connectivity index is 1.85. The number of thiazole rings is 1. The van der Waals surface area contributed by atoms with Crippen LogP contribution in [0.3, 0.4) is 0 Å². The fourth-order valence-electron chi connectivity index (χ4n) is 1.77. The molecule has 1 amide bonds. The number of nitrogens with zero attached hydrogens (tertiary/aromatic N) is 3. The van der Waals surface area contributed by atoms with Gasteiger partial charge in [0.25, 0.3) is 0 Å². The first-order valence-electron chi connectivity index (χ1n) is 6.43. The van der Waals surface area contributed by atoms with Gasteiger partial charge in [0.2, 0.25) is 5.91 Å². The van der Waals surface area contributed by atoms with Gasteiger partial charge < -0.3 is 10.4 Å².